The molecule has 7 nitrogen and oxygen atoms in total. The number of aromatic nitrogens is 3. The highest BCUT2D eigenvalue weighted by atomic mass is 32.2. The Labute approximate surface area is 170 Å². The molecule has 0 aliphatic carbocycles. The first-order valence-corrected chi connectivity index (χ1v) is 10.9. The fourth-order valence-electron chi connectivity index (χ4n) is 4.04. The number of benzene rings is 1. The Bertz CT molecular complexity index is 1140. The van der Waals surface area contributed by atoms with E-state index < -0.39 is 22.2 Å². The van der Waals surface area contributed by atoms with E-state index >= 15 is 0 Å². The molecule has 152 valence electrons. The van der Waals surface area contributed by atoms with Crippen LogP contribution < -0.4 is 0 Å². The van der Waals surface area contributed by atoms with Gasteiger partial charge in [-0.15, -0.1) is 0 Å². The molecule has 1 aromatic carbocycles. The number of aryl methyl sites for hydroxylation is 2. The van der Waals surface area contributed by atoms with Crippen LogP contribution in [0, 0.1) is 13.8 Å². The lowest BCUT2D eigenvalue weighted by Crippen LogP contribution is -2.48. The van der Waals surface area contributed by atoms with Crippen LogP contribution in [0.25, 0.3) is 0 Å². The lowest BCUT2D eigenvalue weighted by molar-refractivity contribution is 0.0767. The van der Waals surface area contributed by atoms with Gasteiger partial charge in [-0.1, -0.05) is 24.3 Å². The number of fused-ring (bicyclic) bond motifs is 1. The Morgan fingerprint density at radius 1 is 1.14 bits per heavy atom. The van der Waals surface area contributed by atoms with Crippen LogP contribution in [0.2, 0.25) is 0 Å². The summed E-state index contributed by atoms with van der Waals surface area (Å²) in [5.41, 5.74) is 3.98. The summed E-state index contributed by atoms with van der Waals surface area (Å²) < 4.78 is 30.2. The van der Waals surface area contributed by atoms with Gasteiger partial charge in [0.1, 0.15) is 0 Å². The number of hydrogen-bond donors (Lipinski definition) is 1. The molecule has 0 fully saturated rings. The van der Waals surface area contributed by atoms with Crippen molar-refractivity contribution < 1.29 is 13.5 Å². The van der Waals surface area contributed by atoms with Crippen molar-refractivity contribution in [2.75, 3.05) is 0 Å². The van der Waals surface area contributed by atoms with E-state index in [-0.39, 0.29) is 11.4 Å². The van der Waals surface area contributed by atoms with Crippen molar-refractivity contribution in [2.45, 2.75) is 43.9 Å². The summed E-state index contributed by atoms with van der Waals surface area (Å²) in [6, 6.07) is 9.66. The van der Waals surface area contributed by atoms with Crippen molar-refractivity contribution in [3.8, 4) is 0 Å². The average Bonchev–Trinajstić information content (AvgIpc) is 2.95. The highest BCUT2D eigenvalue weighted by Gasteiger charge is 2.44. The van der Waals surface area contributed by atoms with Crippen molar-refractivity contribution in [3.05, 3.63) is 76.9 Å². The maximum atomic E-state index is 13.5. The highest BCUT2D eigenvalue weighted by molar-refractivity contribution is 7.89. The first kappa shape index (κ1) is 19.8. The van der Waals surface area contributed by atoms with E-state index in [2.05, 4.69) is 10.1 Å². The van der Waals surface area contributed by atoms with E-state index in [0.29, 0.717) is 12.0 Å². The van der Waals surface area contributed by atoms with Crippen molar-refractivity contribution in [1.82, 2.24) is 19.1 Å². The van der Waals surface area contributed by atoms with E-state index in [1.807, 2.05) is 27.0 Å². The largest absolute Gasteiger partial charge is 0.387 e. The Kier molecular flexibility index (Phi) is 5.02. The number of pyridine rings is 1. The number of sulfonamides is 1. The van der Waals surface area contributed by atoms with Crippen LogP contribution >= 0.6 is 0 Å². The summed E-state index contributed by atoms with van der Waals surface area (Å²) in [6.45, 7) is 4.01. The van der Waals surface area contributed by atoms with E-state index in [1.54, 1.807) is 47.4 Å². The molecule has 1 N–H and O–H groups in total. The van der Waals surface area contributed by atoms with Gasteiger partial charge in [0.05, 0.1) is 22.7 Å². The Morgan fingerprint density at radius 2 is 1.90 bits per heavy atom. The van der Waals surface area contributed by atoms with Crippen LogP contribution in [0.15, 0.2) is 53.7 Å². The van der Waals surface area contributed by atoms with Crippen molar-refractivity contribution in [2.24, 2.45) is 7.05 Å². The number of rotatable bonds is 4. The van der Waals surface area contributed by atoms with Gasteiger partial charge in [0.15, 0.2) is 0 Å². The second kappa shape index (κ2) is 7.37. The molecule has 1 aliphatic rings. The molecule has 1 aliphatic heterocycles. The van der Waals surface area contributed by atoms with Gasteiger partial charge in [-0.3, -0.25) is 9.67 Å². The Morgan fingerprint density at radius 3 is 2.55 bits per heavy atom. The van der Waals surface area contributed by atoms with Crippen LogP contribution in [-0.4, -0.2) is 38.6 Å². The minimum atomic E-state index is -3.78. The Hall–Kier alpha value is -2.55. The normalized spacial score (nSPS) is 21.1. The number of aliphatic hydroxyl groups excluding tert-OH is 1. The van der Waals surface area contributed by atoms with Gasteiger partial charge in [-0.25, -0.2) is 8.42 Å². The predicted octanol–water partition coefficient (Wildman–Crippen LogP) is 2.28. The molecule has 3 aromatic rings. The number of aliphatic hydroxyl groups is 1. The first-order chi connectivity index (χ1) is 13.8. The van der Waals surface area contributed by atoms with E-state index in [9.17, 15) is 13.5 Å². The summed E-state index contributed by atoms with van der Waals surface area (Å²) in [7, 11) is -1.92. The summed E-state index contributed by atoms with van der Waals surface area (Å²) in [4.78, 5) is 4.26. The molecule has 0 radical (unpaired) electrons. The fraction of sp³-hybridized carbons (Fsp3) is 0.333. The van der Waals surface area contributed by atoms with Gasteiger partial charge in [0.2, 0.25) is 10.0 Å². The number of nitrogens with zero attached hydrogens (tertiary/aromatic N) is 4. The Balaban J connectivity index is 1.83. The number of hydrogen-bond acceptors (Lipinski definition) is 5. The third kappa shape index (κ3) is 3.37. The minimum absolute atomic E-state index is 0.143. The zero-order chi connectivity index (χ0) is 20.8. The molecule has 2 unspecified atom stereocenters. The molecule has 8 heteroatoms. The van der Waals surface area contributed by atoms with Gasteiger partial charge in [-0.2, -0.15) is 9.40 Å². The molecule has 0 saturated carbocycles. The maximum Gasteiger partial charge on any atom is 0.244 e. The highest BCUT2D eigenvalue weighted by Crippen LogP contribution is 2.39. The molecule has 0 spiro atoms. The fourth-order valence-corrected chi connectivity index (χ4v) is 5.89. The first-order valence-electron chi connectivity index (χ1n) is 9.47. The van der Waals surface area contributed by atoms with E-state index in [0.717, 1.165) is 22.5 Å². The molecule has 4 rings (SSSR count). The molecule has 0 amide bonds. The predicted molar refractivity (Wildman–Crippen MR) is 109 cm³/mol. The molecular formula is C21H24N4O3S. The average molecular weight is 413 g/mol. The van der Waals surface area contributed by atoms with Crippen LogP contribution in [0.1, 0.15) is 34.2 Å². The van der Waals surface area contributed by atoms with Crippen molar-refractivity contribution >= 4 is 10.0 Å². The second-order valence-corrected chi connectivity index (χ2v) is 9.30. The minimum Gasteiger partial charge on any atom is -0.387 e. The van der Waals surface area contributed by atoms with Crippen LogP contribution in [0.3, 0.4) is 0 Å². The molecule has 0 saturated heterocycles. The molecule has 29 heavy (non-hydrogen) atoms. The third-order valence-electron chi connectivity index (χ3n) is 5.69. The van der Waals surface area contributed by atoms with Crippen LogP contribution in [0.5, 0.6) is 0 Å². The summed E-state index contributed by atoms with van der Waals surface area (Å²) in [5, 5.41) is 15.7. The van der Waals surface area contributed by atoms with Crippen LogP contribution in [0.4, 0.5) is 0 Å². The maximum absolute atomic E-state index is 13.5. The van der Waals surface area contributed by atoms with E-state index in [4.69, 9.17) is 0 Å². The molecule has 2 aromatic heterocycles. The molecule has 2 atom stereocenters. The SMILES string of the molecule is Cc1nn(C)c(C)c1CC1C(O)c2ccccc2S(=O)(=O)N1Cc1cccnc1. The van der Waals surface area contributed by atoms with Crippen molar-refractivity contribution in [3.63, 3.8) is 0 Å². The topological polar surface area (TPSA) is 88.3 Å². The van der Waals surface area contributed by atoms with Gasteiger partial charge < -0.3 is 5.11 Å². The van der Waals surface area contributed by atoms with Gasteiger partial charge in [0, 0.05) is 37.2 Å². The lowest BCUT2D eigenvalue weighted by Gasteiger charge is -2.39. The standard InChI is InChI=1S/C21H24N4O3S/c1-14-18(15(2)24(3)23-14)11-19-21(26)17-8-4-5-9-20(17)29(27,28)25(19)13-16-7-6-10-22-12-16/h4-10,12,19,21,26H,11,13H2,1-3H3. The summed E-state index contributed by atoms with van der Waals surface area (Å²) in [5.74, 6) is 0. The zero-order valence-electron chi connectivity index (χ0n) is 16.6. The molecular weight excluding hydrogens is 388 g/mol. The lowest BCUT2D eigenvalue weighted by atomic mass is 9.94. The summed E-state index contributed by atoms with van der Waals surface area (Å²) in [6.07, 6.45) is 2.74. The monoisotopic (exact) mass is 412 g/mol. The molecule has 3 heterocycles. The second-order valence-electron chi connectivity index (χ2n) is 7.44. The van der Waals surface area contributed by atoms with Crippen LogP contribution in [-0.2, 0) is 30.0 Å². The van der Waals surface area contributed by atoms with Crippen molar-refractivity contribution in [1.29, 1.82) is 0 Å². The van der Waals surface area contributed by atoms with E-state index in [1.165, 1.54) is 4.31 Å². The summed E-state index contributed by atoms with van der Waals surface area (Å²) >= 11 is 0. The third-order valence-corrected chi connectivity index (χ3v) is 7.64. The van der Waals surface area contributed by atoms with Gasteiger partial charge >= 0.3 is 0 Å². The zero-order valence-corrected chi connectivity index (χ0v) is 17.5. The van der Waals surface area contributed by atoms with Gasteiger partial charge in [-0.05, 0) is 43.5 Å². The smallest absolute Gasteiger partial charge is 0.244 e. The quantitative estimate of drug-likeness (QED) is 0.710. The van der Waals surface area contributed by atoms with Gasteiger partial charge in [0.25, 0.3) is 0 Å². The molecule has 0 bridgehead atoms.